The van der Waals surface area contributed by atoms with Crippen LogP contribution in [0, 0.1) is 0 Å². The molecule has 0 aromatic heterocycles. The molecule has 2 nitrogen and oxygen atoms in total. The summed E-state index contributed by atoms with van der Waals surface area (Å²) >= 11 is 3.41. The molecule has 92 valence electrons. The van der Waals surface area contributed by atoms with E-state index in [4.69, 9.17) is 0 Å². The number of rotatable bonds is 1. The fraction of sp³-hybridized carbons (Fsp3) is 0. The van der Waals surface area contributed by atoms with Crippen molar-refractivity contribution in [2.75, 3.05) is 0 Å². The van der Waals surface area contributed by atoms with Crippen LogP contribution >= 0.6 is 15.9 Å². The summed E-state index contributed by atoms with van der Waals surface area (Å²) in [6.45, 7) is 0. The van der Waals surface area contributed by atoms with Crippen LogP contribution in [0.3, 0.4) is 0 Å². The first kappa shape index (κ1) is 12.1. The summed E-state index contributed by atoms with van der Waals surface area (Å²) in [5.41, 5.74) is 2.04. The zero-order valence-electron chi connectivity index (χ0n) is 9.89. The average molecular weight is 313 g/mol. The summed E-state index contributed by atoms with van der Waals surface area (Å²) in [5.74, 6) is -0.396. The van der Waals surface area contributed by atoms with Crippen molar-refractivity contribution in [2.45, 2.75) is 0 Å². The summed E-state index contributed by atoms with van der Waals surface area (Å²) < 4.78 is 0.860. The third-order valence-electron chi connectivity index (χ3n) is 3.11. The molecule has 0 atom stereocenters. The molecule has 0 fully saturated rings. The molecule has 0 amide bonds. The lowest BCUT2D eigenvalue weighted by Crippen LogP contribution is -2.00. The predicted octanol–water partition coefficient (Wildman–Crippen LogP) is 3.91. The molecule has 2 aromatic rings. The molecule has 3 heteroatoms. The van der Waals surface area contributed by atoms with Gasteiger partial charge >= 0.3 is 0 Å². The second-order valence-electron chi connectivity index (χ2n) is 4.28. The van der Waals surface area contributed by atoms with Gasteiger partial charge in [-0.2, -0.15) is 0 Å². The number of halogens is 1. The molecule has 0 aliphatic heterocycles. The van der Waals surface area contributed by atoms with E-state index >= 15 is 0 Å². The molecular weight excluding hydrogens is 304 g/mol. The molecule has 3 rings (SSSR count). The predicted molar refractivity (Wildman–Crippen MR) is 77.2 cm³/mol. The van der Waals surface area contributed by atoms with Crippen LogP contribution in [0.5, 0.6) is 0 Å². The first-order chi connectivity index (χ1) is 9.18. The van der Waals surface area contributed by atoms with Gasteiger partial charge in [-0.25, -0.2) is 0 Å². The highest BCUT2D eigenvalue weighted by Gasteiger charge is 2.32. The quantitative estimate of drug-likeness (QED) is 0.591. The second-order valence-corrected chi connectivity index (χ2v) is 5.14. The minimum absolute atomic E-state index is 0.198. The second kappa shape index (κ2) is 4.59. The van der Waals surface area contributed by atoms with Crippen LogP contribution in [-0.2, 0) is 0 Å². The van der Waals surface area contributed by atoms with Crippen molar-refractivity contribution in [1.29, 1.82) is 0 Å². The number of benzene rings is 2. The van der Waals surface area contributed by atoms with Crippen molar-refractivity contribution >= 4 is 33.6 Å². The Morgan fingerprint density at radius 1 is 0.789 bits per heavy atom. The number of hydrogen-bond donors (Lipinski definition) is 0. The highest BCUT2D eigenvalue weighted by atomic mass is 79.9. The Morgan fingerprint density at radius 3 is 1.89 bits per heavy atom. The van der Waals surface area contributed by atoms with E-state index in [1.54, 1.807) is 30.3 Å². The van der Waals surface area contributed by atoms with Gasteiger partial charge in [0.25, 0.3) is 0 Å². The Hall–Kier alpha value is -2.00. The van der Waals surface area contributed by atoms with E-state index in [9.17, 15) is 9.59 Å². The van der Waals surface area contributed by atoms with Gasteiger partial charge in [0.15, 0.2) is 11.6 Å². The Labute approximate surface area is 118 Å². The Bertz CT molecular complexity index is 692. The minimum Gasteiger partial charge on any atom is -0.288 e. The van der Waals surface area contributed by atoms with Crippen molar-refractivity contribution in [3.05, 3.63) is 75.3 Å². The maximum absolute atomic E-state index is 12.2. The fourth-order valence-electron chi connectivity index (χ4n) is 2.15. The van der Waals surface area contributed by atoms with E-state index in [2.05, 4.69) is 15.9 Å². The summed E-state index contributed by atoms with van der Waals surface area (Å²) in [7, 11) is 0. The van der Waals surface area contributed by atoms with Crippen LogP contribution in [0.1, 0.15) is 26.3 Å². The number of carbonyl (C=O) groups is 2. The first-order valence-corrected chi connectivity index (χ1v) is 6.62. The Balaban J connectivity index is 2.13. The van der Waals surface area contributed by atoms with Gasteiger partial charge in [-0.1, -0.05) is 58.4 Å². The van der Waals surface area contributed by atoms with Crippen LogP contribution < -0.4 is 0 Å². The Morgan fingerprint density at radius 2 is 1.32 bits per heavy atom. The van der Waals surface area contributed by atoms with E-state index in [0.29, 0.717) is 11.1 Å². The van der Waals surface area contributed by atoms with Gasteiger partial charge in [0.1, 0.15) is 0 Å². The van der Waals surface area contributed by atoms with Crippen molar-refractivity contribution in [3.63, 3.8) is 0 Å². The molecule has 0 bridgehead atoms. The number of Topliss-reactive ketones (excluding diaryl/α,β-unsaturated/α-hetero) is 2. The molecule has 0 heterocycles. The third-order valence-corrected chi connectivity index (χ3v) is 3.83. The van der Waals surface area contributed by atoms with Gasteiger partial charge in [-0.3, -0.25) is 9.59 Å². The fourth-order valence-corrected chi connectivity index (χ4v) is 2.55. The molecule has 0 radical (unpaired) electrons. The van der Waals surface area contributed by atoms with E-state index in [1.807, 2.05) is 24.3 Å². The van der Waals surface area contributed by atoms with E-state index in [1.165, 1.54) is 0 Å². The minimum atomic E-state index is -0.198. The highest BCUT2D eigenvalue weighted by molar-refractivity contribution is 9.10. The average Bonchev–Trinajstić information content (AvgIpc) is 2.67. The van der Waals surface area contributed by atoms with Crippen LogP contribution in [-0.4, -0.2) is 11.6 Å². The molecular formula is C16H9BrO2. The van der Waals surface area contributed by atoms with Crippen molar-refractivity contribution in [1.82, 2.24) is 0 Å². The van der Waals surface area contributed by atoms with Gasteiger partial charge in [0.05, 0.1) is 5.57 Å². The SMILES string of the molecule is O=C1C(=Cc2ccccc2Br)C(=O)c2ccccc21. The van der Waals surface area contributed by atoms with E-state index in [0.717, 1.165) is 10.0 Å². The number of fused-ring (bicyclic) bond motifs is 1. The van der Waals surface area contributed by atoms with Crippen LogP contribution in [0.15, 0.2) is 58.6 Å². The lowest BCUT2D eigenvalue weighted by molar-refractivity contribution is 0.0990. The molecule has 1 aliphatic rings. The molecule has 0 spiro atoms. The maximum Gasteiger partial charge on any atom is 0.197 e. The summed E-state index contributed by atoms with van der Waals surface area (Å²) in [4.78, 5) is 24.4. The molecule has 0 unspecified atom stereocenters. The monoisotopic (exact) mass is 312 g/mol. The number of allylic oxidation sites excluding steroid dienone is 1. The zero-order chi connectivity index (χ0) is 13.4. The number of hydrogen-bond acceptors (Lipinski definition) is 2. The number of ketones is 2. The van der Waals surface area contributed by atoms with E-state index < -0.39 is 0 Å². The van der Waals surface area contributed by atoms with Crippen molar-refractivity contribution in [3.8, 4) is 0 Å². The van der Waals surface area contributed by atoms with Crippen molar-refractivity contribution < 1.29 is 9.59 Å². The lowest BCUT2D eigenvalue weighted by atomic mass is 10.1. The maximum atomic E-state index is 12.2. The molecule has 1 aliphatic carbocycles. The summed E-state index contributed by atoms with van der Waals surface area (Å²) in [6.07, 6.45) is 1.65. The molecule has 0 N–H and O–H groups in total. The van der Waals surface area contributed by atoms with Gasteiger partial charge in [-0.15, -0.1) is 0 Å². The topological polar surface area (TPSA) is 34.1 Å². The standard InChI is InChI=1S/C16H9BrO2/c17-14-8-4-1-5-10(14)9-13-15(18)11-6-2-3-7-12(11)16(13)19/h1-9H. The zero-order valence-corrected chi connectivity index (χ0v) is 11.5. The summed E-state index contributed by atoms with van der Waals surface area (Å²) in [5, 5.41) is 0. The molecule has 0 saturated heterocycles. The largest absolute Gasteiger partial charge is 0.288 e. The van der Waals surface area contributed by atoms with E-state index in [-0.39, 0.29) is 17.1 Å². The van der Waals surface area contributed by atoms with Crippen LogP contribution in [0.25, 0.3) is 6.08 Å². The molecule has 19 heavy (non-hydrogen) atoms. The normalized spacial score (nSPS) is 13.6. The van der Waals surface area contributed by atoms with Gasteiger partial charge in [-0.05, 0) is 17.7 Å². The van der Waals surface area contributed by atoms with Gasteiger partial charge < -0.3 is 0 Å². The lowest BCUT2D eigenvalue weighted by Gasteiger charge is -1.98. The third kappa shape index (κ3) is 1.96. The van der Waals surface area contributed by atoms with Crippen LogP contribution in [0.4, 0.5) is 0 Å². The van der Waals surface area contributed by atoms with Gasteiger partial charge in [0, 0.05) is 15.6 Å². The van der Waals surface area contributed by atoms with Crippen molar-refractivity contribution in [2.24, 2.45) is 0 Å². The Kier molecular flexibility index (Phi) is 2.91. The number of carbonyl (C=O) groups excluding carboxylic acids is 2. The molecule has 2 aromatic carbocycles. The van der Waals surface area contributed by atoms with Gasteiger partial charge in [0.2, 0.25) is 0 Å². The summed E-state index contributed by atoms with van der Waals surface area (Å²) in [6, 6.07) is 14.4. The highest BCUT2D eigenvalue weighted by Crippen LogP contribution is 2.29. The molecule has 0 saturated carbocycles. The smallest absolute Gasteiger partial charge is 0.197 e. The van der Waals surface area contributed by atoms with Crippen LogP contribution in [0.2, 0.25) is 0 Å². The first-order valence-electron chi connectivity index (χ1n) is 5.83.